The van der Waals surface area contributed by atoms with Crippen LogP contribution in [0.2, 0.25) is 0 Å². The van der Waals surface area contributed by atoms with Crippen LogP contribution in [0.1, 0.15) is 0 Å². The van der Waals surface area contributed by atoms with Crippen LogP contribution in [0.3, 0.4) is 0 Å². The Kier molecular flexibility index (Phi) is 3.32. The molecule has 2 aromatic heterocycles. The smallest absolute Gasteiger partial charge is 0.268 e. The molecule has 0 unspecified atom stereocenters. The lowest BCUT2D eigenvalue weighted by Crippen LogP contribution is -1.78. The van der Waals surface area contributed by atoms with E-state index < -0.39 is 0 Å². The Hall–Kier alpha value is -0.980. The van der Waals surface area contributed by atoms with Crippen LogP contribution in [0, 0.1) is 0 Å². The van der Waals surface area contributed by atoms with Crippen LogP contribution in [0.25, 0.3) is 22.2 Å². The summed E-state index contributed by atoms with van der Waals surface area (Å²) in [6, 6.07) is 11.7. The lowest BCUT2D eigenvalue weighted by molar-refractivity contribution is 0.433. The largest absolute Gasteiger partial charge is 0.333 e. The number of nitrogens with zero attached hydrogens (tertiary/aromatic N) is 2. The minimum Gasteiger partial charge on any atom is -0.333 e. The van der Waals surface area contributed by atoms with Crippen molar-refractivity contribution in [3.8, 4) is 22.2 Å². The van der Waals surface area contributed by atoms with Gasteiger partial charge in [0, 0.05) is 10.0 Å². The topological polar surface area (TPSA) is 38.9 Å². The molecular weight excluding hydrogens is 380 g/mol. The van der Waals surface area contributed by atoms with Gasteiger partial charge in [-0.15, -0.1) is 11.3 Å². The van der Waals surface area contributed by atoms with Crippen LogP contribution < -0.4 is 0 Å². The van der Waals surface area contributed by atoms with E-state index in [2.05, 4.69) is 42.0 Å². The lowest BCUT2D eigenvalue weighted by atomic mass is 10.2. The van der Waals surface area contributed by atoms with Crippen LogP contribution in [0.4, 0.5) is 0 Å². The molecule has 0 fully saturated rings. The Morgan fingerprint density at radius 3 is 2.56 bits per heavy atom. The Morgan fingerprint density at radius 1 is 1.11 bits per heavy atom. The third-order valence-electron chi connectivity index (χ3n) is 2.31. The fourth-order valence-corrected chi connectivity index (χ4v) is 3.44. The van der Waals surface area contributed by atoms with Gasteiger partial charge in [0.25, 0.3) is 5.89 Å². The third-order valence-corrected chi connectivity index (χ3v) is 5.56. The van der Waals surface area contributed by atoms with Gasteiger partial charge in [-0.3, -0.25) is 0 Å². The predicted molar refractivity (Wildman–Crippen MR) is 78.4 cm³/mol. The van der Waals surface area contributed by atoms with Crippen molar-refractivity contribution in [2.75, 3.05) is 0 Å². The first-order valence-corrected chi connectivity index (χ1v) is 7.48. The van der Waals surface area contributed by atoms with Gasteiger partial charge in [-0.1, -0.05) is 35.5 Å². The van der Waals surface area contributed by atoms with E-state index in [1.807, 2.05) is 36.4 Å². The maximum absolute atomic E-state index is 5.28. The molecule has 2 heterocycles. The number of hydrogen-bond donors (Lipinski definition) is 0. The molecule has 3 rings (SSSR count). The molecule has 0 amide bonds. The third kappa shape index (κ3) is 2.28. The molecule has 0 aliphatic heterocycles. The van der Waals surface area contributed by atoms with Gasteiger partial charge in [-0.2, -0.15) is 4.98 Å². The Labute approximate surface area is 124 Å². The molecule has 0 saturated heterocycles. The van der Waals surface area contributed by atoms with E-state index in [1.54, 1.807) is 11.3 Å². The summed E-state index contributed by atoms with van der Waals surface area (Å²) in [5.74, 6) is 1.14. The number of rotatable bonds is 2. The fraction of sp³-hybridized carbons (Fsp3) is 0. The van der Waals surface area contributed by atoms with E-state index in [0.29, 0.717) is 11.7 Å². The molecule has 0 spiro atoms. The van der Waals surface area contributed by atoms with E-state index >= 15 is 0 Å². The van der Waals surface area contributed by atoms with Crippen molar-refractivity contribution in [1.82, 2.24) is 10.1 Å². The normalized spacial score (nSPS) is 10.8. The number of benzene rings is 1. The Balaban J connectivity index is 1.99. The average Bonchev–Trinajstić information content (AvgIpc) is 2.99. The van der Waals surface area contributed by atoms with Gasteiger partial charge < -0.3 is 4.52 Å². The molecule has 0 N–H and O–H groups in total. The molecule has 0 radical (unpaired) electrons. The van der Waals surface area contributed by atoms with Crippen molar-refractivity contribution < 1.29 is 4.52 Å². The van der Waals surface area contributed by atoms with E-state index in [4.69, 9.17) is 4.52 Å². The second-order valence-electron chi connectivity index (χ2n) is 3.52. The number of halogens is 2. The summed E-state index contributed by atoms with van der Waals surface area (Å²) in [5.41, 5.74) is 0.946. The first kappa shape index (κ1) is 12.1. The van der Waals surface area contributed by atoms with Crippen molar-refractivity contribution in [1.29, 1.82) is 0 Å². The van der Waals surface area contributed by atoms with Crippen molar-refractivity contribution in [2.24, 2.45) is 0 Å². The molecule has 0 saturated carbocycles. The maximum atomic E-state index is 5.28. The van der Waals surface area contributed by atoms with Gasteiger partial charge >= 0.3 is 0 Å². The molecule has 3 nitrogen and oxygen atoms in total. The fourth-order valence-electron chi connectivity index (χ4n) is 1.48. The van der Waals surface area contributed by atoms with Crippen molar-refractivity contribution in [3.05, 3.63) is 44.7 Å². The van der Waals surface area contributed by atoms with E-state index in [1.165, 1.54) is 0 Å². The first-order valence-electron chi connectivity index (χ1n) is 5.08. The highest BCUT2D eigenvalue weighted by molar-refractivity contribution is 9.13. The van der Waals surface area contributed by atoms with Crippen molar-refractivity contribution in [3.63, 3.8) is 0 Å². The van der Waals surface area contributed by atoms with Crippen molar-refractivity contribution >= 4 is 43.2 Å². The highest BCUT2D eigenvalue weighted by Gasteiger charge is 2.14. The average molecular weight is 386 g/mol. The number of aromatic nitrogens is 2. The molecule has 3 aromatic rings. The summed E-state index contributed by atoms with van der Waals surface area (Å²) >= 11 is 8.44. The van der Waals surface area contributed by atoms with E-state index in [9.17, 15) is 0 Å². The van der Waals surface area contributed by atoms with Gasteiger partial charge in [0.15, 0.2) is 0 Å². The minimum atomic E-state index is 0.533. The van der Waals surface area contributed by atoms with Crippen LogP contribution in [-0.4, -0.2) is 10.1 Å². The second-order valence-corrected chi connectivity index (χ2v) is 6.75. The van der Waals surface area contributed by atoms with Crippen LogP contribution in [0.5, 0.6) is 0 Å². The second kappa shape index (κ2) is 4.95. The van der Waals surface area contributed by atoms with Gasteiger partial charge in [0.2, 0.25) is 5.82 Å². The van der Waals surface area contributed by atoms with Crippen LogP contribution >= 0.6 is 43.2 Å². The summed E-state index contributed by atoms with van der Waals surface area (Å²) in [4.78, 5) is 5.33. The van der Waals surface area contributed by atoms with Gasteiger partial charge in [0.05, 0.1) is 8.66 Å². The van der Waals surface area contributed by atoms with Crippen LogP contribution in [0.15, 0.2) is 49.2 Å². The summed E-state index contributed by atoms with van der Waals surface area (Å²) in [7, 11) is 0. The van der Waals surface area contributed by atoms with Gasteiger partial charge in [-0.05, 0) is 37.9 Å². The zero-order valence-electron chi connectivity index (χ0n) is 8.93. The highest BCUT2D eigenvalue weighted by atomic mass is 79.9. The first-order chi connectivity index (χ1) is 8.74. The zero-order chi connectivity index (χ0) is 12.5. The molecule has 6 heteroatoms. The van der Waals surface area contributed by atoms with Gasteiger partial charge in [-0.25, -0.2) is 0 Å². The van der Waals surface area contributed by atoms with E-state index in [-0.39, 0.29) is 0 Å². The Bertz CT molecular complexity index is 659. The van der Waals surface area contributed by atoms with Crippen molar-refractivity contribution in [2.45, 2.75) is 0 Å². The molecule has 0 atom stereocenters. The lowest BCUT2D eigenvalue weighted by Gasteiger charge is -1.90. The van der Waals surface area contributed by atoms with Crippen LogP contribution in [-0.2, 0) is 0 Å². The number of hydrogen-bond acceptors (Lipinski definition) is 4. The predicted octanol–water partition coefficient (Wildman–Crippen LogP) is 4.99. The molecule has 90 valence electrons. The molecule has 0 aliphatic carbocycles. The summed E-state index contributed by atoms with van der Waals surface area (Å²) in [5, 5.41) is 3.99. The molecule has 18 heavy (non-hydrogen) atoms. The number of thiophene rings is 1. The van der Waals surface area contributed by atoms with E-state index in [0.717, 1.165) is 18.7 Å². The summed E-state index contributed by atoms with van der Waals surface area (Å²) in [6.45, 7) is 0. The molecule has 0 bridgehead atoms. The monoisotopic (exact) mass is 384 g/mol. The molecule has 0 aliphatic rings. The Morgan fingerprint density at radius 2 is 1.89 bits per heavy atom. The SMILES string of the molecule is Brc1cc(-c2nc(-c3ccccc3)no2)sc1Br. The summed E-state index contributed by atoms with van der Waals surface area (Å²) in [6.07, 6.45) is 0. The maximum Gasteiger partial charge on any atom is 0.268 e. The standard InChI is InChI=1S/C12H6Br2N2OS/c13-8-6-9(18-10(8)14)12-15-11(16-17-12)7-4-2-1-3-5-7/h1-6H. The summed E-state index contributed by atoms with van der Waals surface area (Å²) < 4.78 is 7.28. The minimum absolute atomic E-state index is 0.533. The zero-order valence-corrected chi connectivity index (χ0v) is 12.9. The quantitative estimate of drug-likeness (QED) is 0.623. The molecular formula is C12H6Br2N2OS. The molecule has 1 aromatic carbocycles. The van der Waals surface area contributed by atoms with Gasteiger partial charge in [0.1, 0.15) is 0 Å². The highest BCUT2D eigenvalue weighted by Crippen LogP contribution is 2.37.